The fraction of sp³-hybridized carbons (Fsp3) is 0.519. The van der Waals surface area contributed by atoms with Gasteiger partial charge < -0.3 is 10.1 Å². The molecular weight excluding hydrogens is 389 g/mol. The Hall–Kier alpha value is -2.36. The van der Waals surface area contributed by atoms with Gasteiger partial charge in [0.25, 0.3) is 0 Å². The van der Waals surface area contributed by atoms with Gasteiger partial charge >= 0.3 is 5.97 Å². The van der Waals surface area contributed by atoms with Gasteiger partial charge in [0.05, 0.1) is 5.92 Å². The molecule has 2 aliphatic carbocycles. The largest absolute Gasteiger partial charge is 0.462 e. The summed E-state index contributed by atoms with van der Waals surface area (Å²) >= 11 is 0. The highest BCUT2D eigenvalue weighted by Crippen LogP contribution is 2.55. The SMILES string of the molecule is CC1CCC[C@H]2C[C@H]3C(=O)O[C@H](C)[C@H]3[C@@H](/C=C/C3=CC=C(c4cccc(F)c4)CN3)C12. The first-order valence-corrected chi connectivity index (χ1v) is 11.8. The summed E-state index contributed by atoms with van der Waals surface area (Å²) in [4.78, 5) is 12.5. The number of esters is 1. The van der Waals surface area contributed by atoms with Crippen LogP contribution in [0.4, 0.5) is 4.39 Å². The molecule has 1 saturated heterocycles. The number of halogens is 1. The molecule has 4 heteroatoms. The number of ether oxygens (including phenoxy) is 1. The molecule has 0 bridgehead atoms. The van der Waals surface area contributed by atoms with Crippen molar-refractivity contribution < 1.29 is 13.9 Å². The third-order valence-corrected chi connectivity index (χ3v) is 8.13. The fourth-order valence-corrected chi connectivity index (χ4v) is 6.75. The Morgan fingerprint density at radius 1 is 1.16 bits per heavy atom. The molecule has 5 rings (SSSR count). The lowest BCUT2D eigenvalue weighted by atomic mass is 9.55. The molecule has 164 valence electrons. The van der Waals surface area contributed by atoms with E-state index in [0.717, 1.165) is 23.3 Å². The van der Waals surface area contributed by atoms with Gasteiger partial charge in [-0.2, -0.15) is 0 Å². The van der Waals surface area contributed by atoms with E-state index < -0.39 is 0 Å². The Kier molecular flexibility index (Phi) is 5.49. The van der Waals surface area contributed by atoms with Crippen LogP contribution in [0.2, 0.25) is 0 Å². The number of dihydropyridines is 1. The maximum Gasteiger partial charge on any atom is 0.309 e. The van der Waals surface area contributed by atoms with E-state index in [1.165, 1.54) is 25.3 Å². The van der Waals surface area contributed by atoms with E-state index in [0.29, 0.717) is 30.2 Å². The summed E-state index contributed by atoms with van der Waals surface area (Å²) < 4.78 is 19.3. The van der Waals surface area contributed by atoms with Crippen molar-refractivity contribution in [1.29, 1.82) is 0 Å². The molecule has 3 nitrogen and oxygen atoms in total. The zero-order valence-electron chi connectivity index (χ0n) is 18.4. The number of carbonyl (C=O) groups excluding carboxylic acids is 1. The molecule has 7 atom stereocenters. The highest BCUT2D eigenvalue weighted by atomic mass is 19.1. The number of carbonyl (C=O) groups is 1. The van der Waals surface area contributed by atoms with Crippen molar-refractivity contribution in [1.82, 2.24) is 5.32 Å². The third-order valence-electron chi connectivity index (χ3n) is 8.13. The quantitative estimate of drug-likeness (QED) is 0.655. The number of fused-ring (bicyclic) bond motifs is 2. The normalized spacial score (nSPS) is 37.4. The lowest BCUT2D eigenvalue weighted by Gasteiger charge is -2.48. The van der Waals surface area contributed by atoms with Crippen LogP contribution in [-0.2, 0) is 9.53 Å². The number of benzene rings is 1. The van der Waals surface area contributed by atoms with Crippen molar-refractivity contribution in [2.45, 2.75) is 45.6 Å². The van der Waals surface area contributed by atoms with Gasteiger partial charge in [0.2, 0.25) is 0 Å². The third kappa shape index (κ3) is 3.86. The Morgan fingerprint density at radius 3 is 2.81 bits per heavy atom. The van der Waals surface area contributed by atoms with Gasteiger partial charge in [-0.25, -0.2) is 4.39 Å². The highest BCUT2D eigenvalue weighted by molar-refractivity contribution is 5.75. The van der Waals surface area contributed by atoms with Crippen LogP contribution in [-0.4, -0.2) is 18.6 Å². The van der Waals surface area contributed by atoms with Crippen LogP contribution in [0, 0.1) is 41.3 Å². The highest BCUT2D eigenvalue weighted by Gasteiger charge is 2.55. The van der Waals surface area contributed by atoms with E-state index in [2.05, 4.69) is 43.5 Å². The number of cyclic esters (lactones) is 1. The Bertz CT molecular complexity index is 948. The van der Waals surface area contributed by atoms with Crippen LogP contribution in [0.25, 0.3) is 5.57 Å². The Labute approximate surface area is 184 Å². The van der Waals surface area contributed by atoms with E-state index in [1.807, 2.05) is 6.07 Å². The Morgan fingerprint density at radius 2 is 2.03 bits per heavy atom. The molecule has 4 aliphatic rings. The molecule has 0 radical (unpaired) electrons. The molecule has 0 aromatic heterocycles. The number of rotatable bonds is 3. The first-order chi connectivity index (χ1) is 15.0. The van der Waals surface area contributed by atoms with Gasteiger partial charge in [0.15, 0.2) is 0 Å². The first-order valence-electron chi connectivity index (χ1n) is 11.8. The van der Waals surface area contributed by atoms with Gasteiger partial charge in [-0.05, 0) is 72.4 Å². The molecule has 2 unspecified atom stereocenters. The number of hydrogen-bond donors (Lipinski definition) is 1. The van der Waals surface area contributed by atoms with Crippen LogP contribution in [0.1, 0.15) is 45.1 Å². The average Bonchev–Trinajstić information content (AvgIpc) is 3.05. The van der Waals surface area contributed by atoms with Crippen molar-refractivity contribution in [2.24, 2.45) is 35.5 Å². The average molecular weight is 422 g/mol. The van der Waals surface area contributed by atoms with Gasteiger partial charge in [-0.1, -0.05) is 50.5 Å². The zero-order valence-corrected chi connectivity index (χ0v) is 18.4. The summed E-state index contributed by atoms with van der Waals surface area (Å²) in [6.07, 6.45) is 13.5. The van der Waals surface area contributed by atoms with Crippen LogP contribution in [0.3, 0.4) is 0 Å². The minimum atomic E-state index is -0.210. The van der Waals surface area contributed by atoms with E-state index in [4.69, 9.17) is 4.74 Å². The second-order valence-electron chi connectivity index (χ2n) is 9.92. The van der Waals surface area contributed by atoms with Crippen molar-refractivity contribution in [3.63, 3.8) is 0 Å². The van der Waals surface area contributed by atoms with E-state index >= 15 is 0 Å². The molecule has 1 aromatic rings. The smallest absolute Gasteiger partial charge is 0.309 e. The predicted octanol–water partition coefficient (Wildman–Crippen LogP) is 5.50. The molecule has 0 amide bonds. The number of nitrogens with one attached hydrogen (secondary N) is 1. The van der Waals surface area contributed by atoms with E-state index in [9.17, 15) is 9.18 Å². The predicted molar refractivity (Wildman–Crippen MR) is 120 cm³/mol. The van der Waals surface area contributed by atoms with Crippen LogP contribution in [0.5, 0.6) is 0 Å². The molecule has 31 heavy (non-hydrogen) atoms. The number of allylic oxidation sites excluding steroid dienone is 4. The standard InChI is InChI=1S/C27H32FNO2/c1-16-5-3-7-19-14-24-26(17(2)31-27(24)30)23(25(16)19)12-11-22-10-9-20(15-29-22)18-6-4-8-21(28)13-18/h4,6,8-13,16-17,19,23-26,29H,3,5,7,14-15H2,1-2H3/b12-11+/t16?,17-,19+,23+,24-,25?,26+/m1/s1. The monoisotopic (exact) mass is 421 g/mol. The molecule has 2 aliphatic heterocycles. The van der Waals surface area contributed by atoms with Gasteiger partial charge in [0.1, 0.15) is 11.9 Å². The molecule has 1 aromatic carbocycles. The maximum atomic E-state index is 13.6. The topological polar surface area (TPSA) is 38.3 Å². The fourth-order valence-electron chi connectivity index (χ4n) is 6.75. The summed E-state index contributed by atoms with van der Waals surface area (Å²) in [6, 6.07) is 6.74. The molecule has 2 saturated carbocycles. The van der Waals surface area contributed by atoms with E-state index in [1.54, 1.807) is 12.1 Å². The van der Waals surface area contributed by atoms with E-state index in [-0.39, 0.29) is 29.7 Å². The van der Waals surface area contributed by atoms with Crippen molar-refractivity contribution in [3.05, 3.63) is 65.6 Å². The summed E-state index contributed by atoms with van der Waals surface area (Å²) in [5.41, 5.74) is 3.06. The maximum absolute atomic E-state index is 13.6. The summed E-state index contributed by atoms with van der Waals surface area (Å²) in [5.74, 6) is 2.47. The molecule has 2 heterocycles. The van der Waals surface area contributed by atoms with Crippen LogP contribution < -0.4 is 5.32 Å². The molecule has 3 fully saturated rings. The summed E-state index contributed by atoms with van der Waals surface area (Å²) in [5, 5.41) is 3.48. The second-order valence-corrected chi connectivity index (χ2v) is 9.92. The minimum Gasteiger partial charge on any atom is -0.462 e. The molecular formula is C27H32FNO2. The van der Waals surface area contributed by atoms with Crippen molar-refractivity contribution in [2.75, 3.05) is 6.54 Å². The van der Waals surface area contributed by atoms with Crippen molar-refractivity contribution >= 4 is 11.5 Å². The lowest BCUT2D eigenvalue weighted by molar-refractivity contribution is -0.144. The van der Waals surface area contributed by atoms with Crippen LogP contribution in [0.15, 0.2) is 54.3 Å². The second kappa shape index (κ2) is 8.29. The lowest BCUT2D eigenvalue weighted by Crippen LogP contribution is -2.45. The van der Waals surface area contributed by atoms with Gasteiger partial charge in [-0.15, -0.1) is 0 Å². The van der Waals surface area contributed by atoms with Gasteiger partial charge in [0, 0.05) is 18.2 Å². The summed E-state index contributed by atoms with van der Waals surface area (Å²) in [7, 11) is 0. The zero-order chi connectivity index (χ0) is 21.5. The van der Waals surface area contributed by atoms with Gasteiger partial charge in [-0.3, -0.25) is 4.79 Å². The first kappa shape index (κ1) is 20.5. The Balaban J connectivity index is 1.39. The van der Waals surface area contributed by atoms with Crippen LogP contribution >= 0.6 is 0 Å². The minimum absolute atomic E-state index is 0.00463. The van der Waals surface area contributed by atoms with Crippen molar-refractivity contribution in [3.8, 4) is 0 Å². The molecule has 0 spiro atoms. The number of hydrogen-bond acceptors (Lipinski definition) is 3. The molecule has 1 N–H and O–H groups in total. The summed E-state index contributed by atoms with van der Waals surface area (Å²) in [6.45, 7) is 5.15.